The minimum Gasteiger partial charge on any atom is -0.462 e. The smallest absolute Gasteiger partial charge is 0.462 e. The van der Waals surface area contributed by atoms with Gasteiger partial charge >= 0.3 is 19.8 Å². The molecule has 0 aliphatic rings. The van der Waals surface area contributed by atoms with Gasteiger partial charge in [0.1, 0.15) is 6.61 Å². The SMILES string of the molecule is CCCCCCCCCCCCCCCC(=O)OC(COC(=O)CCCCCCCC)COP(=O)(O)O. The van der Waals surface area contributed by atoms with Gasteiger partial charge in [-0.3, -0.25) is 14.1 Å². The molecule has 0 aliphatic heterocycles. The summed E-state index contributed by atoms with van der Waals surface area (Å²) in [5.74, 6) is -0.890. The lowest BCUT2D eigenvalue weighted by Gasteiger charge is -2.18. The molecule has 2 N–H and O–H groups in total. The zero-order chi connectivity index (χ0) is 27.6. The Bertz CT molecular complexity index is 593. The van der Waals surface area contributed by atoms with Crippen molar-refractivity contribution in [3.05, 3.63) is 0 Å². The van der Waals surface area contributed by atoms with Gasteiger partial charge in [0.25, 0.3) is 0 Å². The molecule has 9 heteroatoms. The van der Waals surface area contributed by atoms with Crippen molar-refractivity contribution in [1.82, 2.24) is 0 Å². The van der Waals surface area contributed by atoms with E-state index in [9.17, 15) is 14.2 Å². The summed E-state index contributed by atoms with van der Waals surface area (Å²) in [4.78, 5) is 42.1. The van der Waals surface area contributed by atoms with Crippen LogP contribution in [0, 0.1) is 0 Å². The Morgan fingerprint density at radius 1 is 0.595 bits per heavy atom. The highest BCUT2D eigenvalue weighted by atomic mass is 31.2. The third-order valence-electron chi connectivity index (χ3n) is 6.38. The van der Waals surface area contributed by atoms with Crippen molar-refractivity contribution >= 4 is 19.8 Å². The first-order valence-corrected chi connectivity index (χ1v) is 16.4. The van der Waals surface area contributed by atoms with E-state index in [0.29, 0.717) is 6.42 Å². The molecule has 220 valence electrons. The van der Waals surface area contributed by atoms with Crippen molar-refractivity contribution in [3.63, 3.8) is 0 Å². The van der Waals surface area contributed by atoms with Gasteiger partial charge in [-0.05, 0) is 12.8 Å². The van der Waals surface area contributed by atoms with Crippen LogP contribution in [0.5, 0.6) is 0 Å². The number of unbranched alkanes of at least 4 members (excludes halogenated alkanes) is 17. The zero-order valence-corrected chi connectivity index (χ0v) is 24.5. The van der Waals surface area contributed by atoms with Crippen molar-refractivity contribution in [2.75, 3.05) is 13.2 Å². The fraction of sp³-hybridized carbons (Fsp3) is 0.929. The number of rotatable bonds is 27. The molecule has 0 aromatic carbocycles. The molecule has 0 spiro atoms. The van der Waals surface area contributed by atoms with Crippen LogP contribution in [-0.4, -0.2) is 41.0 Å². The first-order chi connectivity index (χ1) is 17.8. The lowest BCUT2D eigenvalue weighted by Crippen LogP contribution is -2.29. The van der Waals surface area contributed by atoms with Crippen molar-refractivity contribution in [2.24, 2.45) is 0 Å². The number of ether oxygens (including phenoxy) is 2. The molecule has 0 radical (unpaired) electrons. The molecule has 1 unspecified atom stereocenters. The van der Waals surface area contributed by atoms with E-state index in [1.165, 1.54) is 64.2 Å². The standard InChI is InChI=1S/C28H55O8P/c1-3-5-7-9-11-12-13-14-15-16-17-19-21-23-28(30)36-26(25-35-37(31,32)33)24-34-27(29)22-20-18-10-8-6-4-2/h26H,3-25H2,1-2H3,(H2,31,32,33). The topological polar surface area (TPSA) is 119 Å². The number of hydrogen-bond donors (Lipinski definition) is 2. The molecule has 0 rings (SSSR count). The Balaban J connectivity index is 4.00. The largest absolute Gasteiger partial charge is 0.469 e. The number of phosphoric ester groups is 1. The molecule has 0 saturated carbocycles. The summed E-state index contributed by atoms with van der Waals surface area (Å²) in [6, 6.07) is 0. The predicted molar refractivity (Wildman–Crippen MR) is 147 cm³/mol. The first-order valence-electron chi connectivity index (χ1n) is 14.8. The molecule has 0 fully saturated rings. The third kappa shape index (κ3) is 27.9. The minimum absolute atomic E-state index is 0.218. The highest BCUT2D eigenvalue weighted by Gasteiger charge is 2.22. The fourth-order valence-electron chi connectivity index (χ4n) is 4.14. The second-order valence-corrected chi connectivity index (χ2v) is 11.3. The van der Waals surface area contributed by atoms with Crippen molar-refractivity contribution in [1.29, 1.82) is 0 Å². The average molecular weight is 551 g/mol. The van der Waals surface area contributed by atoms with Crippen LogP contribution in [0.3, 0.4) is 0 Å². The first kappa shape index (κ1) is 36.0. The van der Waals surface area contributed by atoms with Crippen molar-refractivity contribution < 1.29 is 37.9 Å². The molecule has 0 saturated heterocycles. The van der Waals surface area contributed by atoms with E-state index in [4.69, 9.17) is 19.3 Å². The summed E-state index contributed by atoms with van der Waals surface area (Å²) in [6.45, 7) is 3.58. The minimum atomic E-state index is -4.72. The molecular formula is C28H55O8P. The number of esters is 2. The summed E-state index contributed by atoms with van der Waals surface area (Å²) >= 11 is 0. The number of carbonyl (C=O) groups excluding carboxylic acids is 2. The summed E-state index contributed by atoms with van der Waals surface area (Å²) in [7, 11) is -4.72. The fourth-order valence-corrected chi connectivity index (χ4v) is 4.50. The molecule has 0 bridgehead atoms. The van der Waals surface area contributed by atoms with Crippen LogP contribution in [-0.2, 0) is 28.2 Å². The van der Waals surface area contributed by atoms with Crippen LogP contribution < -0.4 is 0 Å². The monoisotopic (exact) mass is 550 g/mol. The van der Waals surface area contributed by atoms with E-state index in [0.717, 1.165) is 51.4 Å². The van der Waals surface area contributed by atoms with Gasteiger partial charge < -0.3 is 19.3 Å². The van der Waals surface area contributed by atoms with Crippen LogP contribution in [0.25, 0.3) is 0 Å². The molecule has 0 aromatic heterocycles. The normalized spacial score (nSPS) is 12.4. The number of hydrogen-bond acceptors (Lipinski definition) is 6. The molecule has 8 nitrogen and oxygen atoms in total. The van der Waals surface area contributed by atoms with Gasteiger partial charge in [0.15, 0.2) is 6.10 Å². The van der Waals surface area contributed by atoms with Crippen molar-refractivity contribution in [2.45, 2.75) is 155 Å². The van der Waals surface area contributed by atoms with Gasteiger partial charge in [0, 0.05) is 12.8 Å². The average Bonchev–Trinajstić information content (AvgIpc) is 2.85. The number of carbonyl (C=O) groups is 2. The lowest BCUT2D eigenvalue weighted by atomic mass is 10.0. The summed E-state index contributed by atoms with van der Waals surface area (Å²) in [5.41, 5.74) is 0. The van der Waals surface area contributed by atoms with Gasteiger partial charge in [-0.1, -0.05) is 123 Å². The van der Waals surface area contributed by atoms with Crippen LogP contribution in [0.4, 0.5) is 0 Å². The van der Waals surface area contributed by atoms with Crippen molar-refractivity contribution in [3.8, 4) is 0 Å². The summed E-state index contributed by atoms with van der Waals surface area (Å²) in [6.07, 6.45) is 21.4. The van der Waals surface area contributed by atoms with E-state index >= 15 is 0 Å². The number of phosphoric acid groups is 1. The molecule has 37 heavy (non-hydrogen) atoms. The highest BCUT2D eigenvalue weighted by molar-refractivity contribution is 7.46. The van der Waals surface area contributed by atoms with E-state index in [2.05, 4.69) is 18.4 Å². The second kappa shape index (κ2) is 25.3. The second-order valence-electron chi connectivity index (χ2n) is 10.1. The highest BCUT2D eigenvalue weighted by Crippen LogP contribution is 2.35. The van der Waals surface area contributed by atoms with E-state index < -0.39 is 32.5 Å². The van der Waals surface area contributed by atoms with Gasteiger partial charge in [0.05, 0.1) is 6.61 Å². The molecule has 0 heterocycles. The Labute approximate surface area is 225 Å². The quantitative estimate of drug-likeness (QED) is 0.0604. The zero-order valence-electron chi connectivity index (χ0n) is 23.6. The molecule has 1 atom stereocenters. The Hall–Kier alpha value is -0.950. The third-order valence-corrected chi connectivity index (χ3v) is 6.86. The Morgan fingerprint density at radius 2 is 0.973 bits per heavy atom. The molecule has 0 aromatic rings. The van der Waals surface area contributed by atoms with Crippen LogP contribution in [0.15, 0.2) is 0 Å². The Morgan fingerprint density at radius 3 is 1.38 bits per heavy atom. The van der Waals surface area contributed by atoms with Crippen LogP contribution in [0.2, 0.25) is 0 Å². The van der Waals surface area contributed by atoms with Gasteiger partial charge in [-0.15, -0.1) is 0 Å². The molecule has 0 amide bonds. The van der Waals surface area contributed by atoms with Crippen LogP contribution >= 0.6 is 7.82 Å². The maximum Gasteiger partial charge on any atom is 0.469 e. The maximum atomic E-state index is 12.2. The van der Waals surface area contributed by atoms with E-state index in [-0.39, 0.29) is 19.4 Å². The summed E-state index contributed by atoms with van der Waals surface area (Å²) in [5, 5.41) is 0. The lowest BCUT2D eigenvalue weighted by molar-refractivity contribution is -0.161. The summed E-state index contributed by atoms with van der Waals surface area (Å²) < 4.78 is 26.0. The van der Waals surface area contributed by atoms with Gasteiger partial charge in [-0.25, -0.2) is 4.57 Å². The Kier molecular flexibility index (Phi) is 24.7. The van der Waals surface area contributed by atoms with Gasteiger partial charge in [0.2, 0.25) is 0 Å². The molecular weight excluding hydrogens is 495 g/mol. The predicted octanol–water partition coefficient (Wildman–Crippen LogP) is 7.78. The van der Waals surface area contributed by atoms with Crippen LogP contribution in [0.1, 0.15) is 149 Å². The molecule has 0 aliphatic carbocycles. The maximum absolute atomic E-state index is 12.2. The van der Waals surface area contributed by atoms with Gasteiger partial charge in [-0.2, -0.15) is 0 Å². The van der Waals surface area contributed by atoms with E-state index in [1.54, 1.807) is 0 Å². The van der Waals surface area contributed by atoms with E-state index in [1.807, 2.05) is 0 Å².